The van der Waals surface area contributed by atoms with Gasteiger partial charge in [-0.1, -0.05) is 44.2 Å². The van der Waals surface area contributed by atoms with Crippen molar-refractivity contribution in [2.45, 2.75) is 39.5 Å². The lowest BCUT2D eigenvalue weighted by Crippen LogP contribution is -2.09. The number of hydrogen-bond donors (Lipinski definition) is 0. The molecule has 0 spiro atoms. The summed E-state index contributed by atoms with van der Waals surface area (Å²) in [6.07, 6.45) is 3.93. The van der Waals surface area contributed by atoms with Gasteiger partial charge in [0.2, 0.25) is 0 Å². The maximum absolute atomic E-state index is 11.4. The smallest absolute Gasteiger partial charge is 0.136 e. The SMILES string of the molecule is CC.O=C1CCCC1Cc1ccccc1. The van der Waals surface area contributed by atoms with Crippen LogP contribution in [0.5, 0.6) is 0 Å². The number of carbonyl (C=O) groups excluding carboxylic acids is 1. The molecule has 1 nitrogen and oxygen atoms in total. The molecule has 2 rings (SSSR count). The summed E-state index contributed by atoms with van der Waals surface area (Å²) >= 11 is 0. The van der Waals surface area contributed by atoms with Crippen LogP contribution >= 0.6 is 0 Å². The van der Waals surface area contributed by atoms with E-state index >= 15 is 0 Å². The van der Waals surface area contributed by atoms with Gasteiger partial charge in [-0.25, -0.2) is 0 Å². The number of carbonyl (C=O) groups is 1. The van der Waals surface area contributed by atoms with Crippen molar-refractivity contribution >= 4 is 5.78 Å². The van der Waals surface area contributed by atoms with E-state index in [2.05, 4.69) is 12.1 Å². The minimum Gasteiger partial charge on any atom is -0.299 e. The minimum absolute atomic E-state index is 0.308. The molecule has 0 radical (unpaired) electrons. The molecule has 1 unspecified atom stereocenters. The summed E-state index contributed by atoms with van der Waals surface area (Å²) in [5.41, 5.74) is 1.29. The van der Waals surface area contributed by atoms with Crippen LogP contribution in [0.2, 0.25) is 0 Å². The summed E-state index contributed by atoms with van der Waals surface area (Å²) < 4.78 is 0. The molecule has 1 aliphatic carbocycles. The van der Waals surface area contributed by atoms with Gasteiger partial charge in [0.25, 0.3) is 0 Å². The third-order valence-corrected chi connectivity index (χ3v) is 2.76. The summed E-state index contributed by atoms with van der Waals surface area (Å²) in [4.78, 5) is 11.4. The summed E-state index contributed by atoms with van der Waals surface area (Å²) in [6, 6.07) is 10.3. The Balaban J connectivity index is 0.000000531. The van der Waals surface area contributed by atoms with E-state index in [9.17, 15) is 4.79 Å². The number of ketones is 1. The van der Waals surface area contributed by atoms with Gasteiger partial charge in [0.15, 0.2) is 0 Å². The van der Waals surface area contributed by atoms with Crippen LogP contribution in [0.3, 0.4) is 0 Å². The monoisotopic (exact) mass is 204 g/mol. The van der Waals surface area contributed by atoms with E-state index in [1.165, 1.54) is 5.56 Å². The van der Waals surface area contributed by atoms with Gasteiger partial charge >= 0.3 is 0 Å². The molecule has 0 heterocycles. The normalized spacial score (nSPS) is 19.6. The highest BCUT2D eigenvalue weighted by atomic mass is 16.1. The summed E-state index contributed by atoms with van der Waals surface area (Å²) in [5.74, 6) is 0.770. The van der Waals surface area contributed by atoms with Crippen LogP contribution in [0.1, 0.15) is 38.7 Å². The molecule has 15 heavy (non-hydrogen) atoms. The topological polar surface area (TPSA) is 17.1 Å². The first-order valence-corrected chi connectivity index (χ1v) is 5.93. The first-order valence-electron chi connectivity index (χ1n) is 5.93. The predicted molar refractivity (Wildman–Crippen MR) is 63.8 cm³/mol. The van der Waals surface area contributed by atoms with Gasteiger partial charge in [0, 0.05) is 12.3 Å². The van der Waals surface area contributed by atoms with Crippen LogP contribution in [0.15, 0.2) is 30.3 Å². The molecular formula is C14H20O. The van der Waals surface area contributed by atoms with Crippen LogP contribution in [-0.2, 0) is 11.2 Å². The second kappa shape index (κ2) is 6.39. The average molecular weight is 204 g/mol. The highest BCUT2D eigenvalue weighted by Crippen LogP contribution is 2.24. The Hall–Kier alpha value is -1.11. The largest absolute Gasteiger partial charge is 0.299 e. The third kappa shape index (κ3) is 3.50. The number of rotatable bonds is 2. The van der Waals surface area contributed by atoms with Crippen LogP contribution < -0.4 is 0 Å². The first kappa shape index (κ1) is 12.0. The van der Waals surface area contributed by atoms with Gasteiger partial charge < -0.3 is 0 Å². The molecule has 0 aliphatic heterocycles. The standard InChI is InChI=1S/C12H14O.C2H6/c13-12-8-4-7-11(12)9-10-5-2-1-3-6-10;1-2/h1-3,5-6,11H,4,7-9H2;1-2H3. The molecule has 1 heteroatoms. The molecular weight excluding hydrogens is 184 g/mol. The molecule has 0 aromatic heterocycles. The highest BCUT2D eigenvalue weighted by Gasteiger charge is 2.23. The van der Waals surface area contributed by atoms with Crippen molar-refractivity contribution < 1.29 is 4.79 Å². The van der Waals surface area contributed by atoms with E-state index in [0.717, 1.165) is 25.7 Å². The molecule has 1 aromatic rings. The molecule has 0 amide bonds. The van der Waals surface area contributed by atoms with Gasteiger partial charge in [-0.15, -0.1) is 0 Å². The van der Waals surface area contributed by atoms with Gasteiger partial charge in [-0.3, -0.25) is 4.79 Å². The van der Waals surface area contributed by atoms with Crippen LogP contribution in [0, 0.1) is 5.92 Å². The summed E-state index contributed by atoms with van der Waals surface area (Å²) in [6.45, 7) is 4.00. The summed E-state index contributed by atoms with van der Waals surface area (Å²) in [7, 11) is 0. The fourth-order valence-electron chi connectivity index (χ4n) is 2.00. The average Bonchev–Trinajstić information content (AvgIpc) is 2.69. The van der Waals surface area contributed by atoms with E-state index in [4.69, 9.17) is 0 Å². The molecule has 0 saturated heterocycles. The number of benzene rings is 1. The Labute approximate surface area is 92.5 Å². The zero-order valence-corrected chi connectivity index (χ0v) is 9.70. The Morgan fingerprint density at radius 1 is 1.20 bits per heavy atom. The molecule has 1 aromatic carbocycles. The molecule has 0 N–H and O–H groups in total. The number of Topliss-reactive ketones (excluding diaryl/α,β-unsaturated/α-hetero) is 1. The second-order valence-corrected chi connectivity index (χ2v) is 3.75. The molecule has 1 aliphatic rings. The summed E-state index contributed by atoms with van der Waals surface area (Å²) in [5, 5.41) is 0. The molecule has 1 saturated carbocycles. The van der Waals surface area contributed by atoms with Crippen molar-refractivity contribution in [3.8, 4) is 0 Å². The third-order valence-electron chi connectivity index (χ3n) is 2.76. The highest BCUT2D eigenvalue weighted by molar-refractivity contribution is 5.83. The molecule has 82 valence electrons. The second-order valence-electron chi connectivity index (χ2n) is 3.75. The van der Waals surface area contributed by atoms with Crippen molar-refractivity contribution in [1.29, 1.82) is 0 Å². The maximum Gasteiger partial charge on any atom is 0.136 e. The molecule has 0 bridgehead atoms. The zero-order valence-electron chi connectivity index (χ0n) is 9.70. The van der Waals surface area contributed by atoms with E-state index in [1.807, 2.05) is 32.0 Å². The Kier molecular flexibility index (Phi) is 5.09. The van der Waals surface area contributed by atoms with Crippen LogP contribution in [0.25, 0.3) is 0 Å². The zero-order chi connectivity index (χ0) is 11.1. The Bertz CT molecular complexity index is 289. The first-order chi connectivity index (χ1) is 7.36. The van der Waals surface area contributed by atoms with Crippen molar-refractivity contribution in [1.82, 2.24) is 0 Å². The van der Waals surface area contributed by atoms with Gasteiger partial charge in [0.1, 0.15) is 5.78 Å². The quantitative estimate of drug-likeness (QED) is 0.719. The van der Waals surface area contributed by atoms with Gasteiger partial charge in [-0.05, 0) is 24.8 Å². The Morgan fingerprint density at radius 3 is 2.40 bits per heavy atom. The van der Waals surface area contributed by atoms with Crippen LogP contribution in [0.4, 0.5) is 0 Å². The van der Waals surface area contributed by atoms with Crippen molar-refractivity contribution in [3.63, 3.8) is 0 Å². The van der Waals surface area contributed by atoms with E-state index in [-0.39, 0.29) is 0 Å². The molecule has 1 fully saturated rings. The van der Waals surface area contributed by atoms with Gasteiger partial charge in [0.05, 0.1) is 0 Å². The fraction of sp³-hybridized carbons (Fsp3) is 0.500. The van der Waals surface area contributed by atoms with E-state index in [0.29, 0.717) is 11.7 Å². The fourth-order valence-corrected chi connectivity index (χ4v) is 2.00. The lowest BCUT2D eigenvalue weighted by atomic mass is 9.97. The van der Waals surface area contributed by atoms with Gasteiger partial charge in [-0.2, -0.15) is 0 Å². The minimum atomic E-state index is 0.308. The van der Waals surface area contributed by atoms with E-state index in [1.54, 1.807) is 0 Å². The Morgan fingerprint density at radius 2 is 1.87 bits per heavy atom. The maximum atomic E-state index is 11.4. The lowest BCUT2D eigenvalue weighted by molar-refractivity contribution is -0.120. The van der Waals surface area contributed by atoms with Crippen molar-refractivity contribution in [2.75, 3.05) is 0 Å². The van der Waals surface area contributed by atoms with Crippen molar-refractivity contribution in [3.05, 3.63) is 35.9 Å². The number of hydrogen-bond acceptors (Lipinski definition) is 1. The van der Waals surface area contributed by atoms with E-state index < -0.39 is 0 Å². The van der Waals surface area contributed by atoms with Crippen molar-refractivity contribution in [2.24, 2.45) is 5.92 Å². The molecule has 1 atom stereocenters. The lowest BCUT2D eigenvalue weighted by Gasteiger charge is -2.06. The van der Waals surface area contributed by atoms with Crippen LogP contribution in [-0.4, -0.2) is 5.78 Å². The predicted octanol–water partition coefficient (Wildman–Crippen LogP) is 3.62.